The number of aliphatic hydroxyl groups excluding tert-OH is 2. The van der Waals surface area contributed by atoms with E-state index in [1.807, 2.05) is 6.08 Å². The SMILES string of the molecule is CCCCCCC/C=C\CCCCCCCC(=O)OCCCCCCCCCCCCC/C=C\CCCCCCCCCC(=O)NC(CO)C(O)/C=C/CCCCCCCCCCCCC. The minimum atomic E-state index is -0.848. The van der Waals surface area contributed by atoms with Crippen LogP contribution in [0.3, 0.4) is 0 Å². The molecule has 0 saturated carbocycles. The van der Waals surface area contributed by atoms with E-state index in [4.69, 9.17) is 4.74 Å². The van der Waals surface area contributed by atoms with E-state index < -0.39 is 12.1 Å². The zero-order chi connectivity index (χ0) is 47.9. The third-order valence-corrected chi connectivity index (χ3v) is 13.4. The zero-order valence-corrected chi connectivity index (χ0v) is 44.2. The van der Waals surface area contributed by atoms with Gasteiger partial charge in [-0.25, -0.2) is 0 Å². The van der Waals surface area contributed by atoms with E-state index in [9.17, 15) is 19.8 Å². The summed E-state index contributed by atoms with van der Waals surface area (Å²) in [5.74, 6) is -0.0748. The lowest BCUT2D eigenvalue weighted by Crippen LogP contribution is -2.45. The molecule has 0 aliphatic heterocycles. The minimum Gasteiger partial charge on any atom is -0.466 e. The van der Waals surface area contributed by atoms with Gasteiger partial charge in [0.15, 0.2) is 0 Å². The van der Waals surface area contributed by atoms with Crippen LogP contribution in [-0.2, 0) is 14.3 Å². The molecule has 0 radical (unpaired) electrons. The van der Waals surface area contributed by atoms with Gasteiger partial charge in [0.25, 0.3) is 0 Å². The Labute approximate surface area is 411 Å². The van der Waals surface area contributed by atoms with Crippen molar-refractivity contribution >= 4 is 11.9 Å². The fourth-order valence-corrected chi connectivity index (χ4v) is 8.86. The molecular formula is C60H113NO5. The number of hydrogen-bond donors (Lipinski definition) is 3. The number of esters is 1. The van der Waals surface area contributed by atoms with Crippen LogP contribution in [0.4, 0.5) is 0 Å². The summed E-state index contributed by atoms with van der Waals surface area (Å²) in [5, 5.41) is 23.1. The minimum absolute atomic E-state index is 0.000529. The van der Waals surface area contributed by atoms with Crippen LogP contribution in [0.1, 0.15) is 309 Å². The molecule has 0 aromatic heterocycles. The van der Waals surface area contributed by atoms with Gasteiger partial charge in [0.1, 0.15) is 0 Å². The van der Waals surface area contributed by atoms with Crippen LogP contribution in [0.2, 0.25) is 0 Å². The maximum atomic E-state index is 12.4. The number of amides is 1. The second kappa shape index (κ2) is 55.7. The summed E-state index contributed by atoms with van der Waals surface area (Å²) < 4.78 is 5.47. The quantitative estimate of drug-likeness (QED) is 0.0321. The van der Waals surface area contributed by atoms with Crippen molar-refractivity contribution in [1.82, 2.24) is 5.32 Å². The Balaban J connectivity index is 3.44. The molecule has 2 atom stereocenters. The van der Waals surface area contributed by atoms with Crippen LogP contribution < -0.4 is 5.32 Å². The molecule has 0 aromatic carbocycles. The summed E-state index contributed by atoms with van der Waals surface area (Å²) in [4.78, 5) is 24.5. The average molecular weight is 929 g/mol. The third kappa shape index (κ3) is 51.5. The number of carbonyl (C=O) groups excluding carboxylic acids is 2. The van der Waals surface area contributed by atoms with E-state index in [0.717, 1.165) is 51.4 Å². The van der Waals surface area contributed by atoms with E-state index in [1.165, 1.54) is 231 Å². The van der Waals surface area contributed by atoms with Gasteiger partial charge in [-0.15, -0.1) is 0 Å². The summed E-state index contributed by atoms with van der Waals surface area (Å²) in [5.41, 5.74) is 0. The number of carbonyl (C=O) groups is 2. The predicted molar refractivity (Wildman–Crippen MR) is 287 cm³/mol. The summed E-state index contributed by atoms with van der Waals surface area (Å²) >= 11 is 0. The Morgan fingerprint density at radius 3 is 1.08 bits per heavy atom. The summed E-state index contributed by atoms with van der Waals surface area (Å²) in [6, 6.07) is -0.632. The van der Waals surface area contributed by atoms with Gasteiger partial charge in [-0.2, -0.15) is 0 Å². The molecule has 0 aliphatic carbocycles. The second-order valence-electron chi connectivity index (χ2n) is 20.0. The molecule has 0 aliphatic rings. The molecule has 388 valence electrons. The topological polar surface area (TPSA) is 95.9 Å². The van der Waals surface area contributed by atoms with E-state index in [-0.39, 0.29) is 18.5 Å². The molecule has 0 aromatic rings. The van der Waals surface area contributed by atoms with Gasteiger partial charge in [-0.3, -0.25) is 9.59 Å². The van der Waals surface area contributed by atoms with E-state index in [0.29, 0.717) is 19.4 Å². The Hall–Kier alpha value is -1.92. The Bertz CT molecular complexity index is 1070. The smallest absolute Gasteiger partial charge is 0.305 e. The molecule has 0 heterocycles. The maximum Gasteiger partial charge on any atom is 0.305 e. The molecular weight excluding hydrogens is 815 g/mol. The molecule has 3 N–H and O–H groups in total. The monoisotopic (exact) mass is 928 g/mol. The Morgan fingerprint density at radius 2 is 0.712 bits per heavy atom. The van der Waals surface area contributed by atoms with Crippen LogP contribution in [0.15, 0.2) is 36.5 Å². The molecule has 0 bridgehead atoms. The standard InChI is InChI=1S/C60H113NO5/c1-3-5-7-9-11-13-15-17-30-34-38-42-46-50-54-60(65)66-55-51-47-43-39-35-31-27-25-23-21-19-18-20-22-24-26-29-33-37-41-45-49-53-59(64)61-57(56-62)58(63)52-48-44-40-36-32-28-16-14-12-10-8-6-4-2/h15,17,20,22,48,52,57-58,62-63H,3-14,16,18-19,21,23-47,49-51,53-56H2,1-2H3,(H,61,64)/b17-15-,22-20-,52-48+. The van der Waals surface area contributed by atoms with Crippen LogP contribution >= 0.6 is 0 Å². The number of nitrogens with one attached hydrogen (secondary N) is 1. The van der Waals surface area contributed by atoms with Crippen LogP contribution in [-0.4, -0.2) is 47.4 Å². The first kappa shape index (κ1) is 64.1. The lowest BCUT2D eigenvalue weighted by atomic mass is 10.0. The van der Waals surface area contributed by atoms with Gasteiger partial charge in [-0.05, 0) is 83.5 Å². The molecule has 2 unspecified atom stereocenters. The molecule has 6 heteroatoms. The first-order valence-electron chi connectivity index (χ1n) is 29.3. The van der Waals surface area contributed by atoms with Crippen molar-refractivity contribution in [2.24, 2.45) is 0 Å². The molecule has 66 heavy (non-hydrogen) atoms. The summed E-state index contributed by atoms with van der Waals surface area (Å²) in [6.07, 6.45) is 68.8. The van der Waals surface area contributed by atoms with E-state index >= 15 is 0 Å². The molecule has 0 rings (SSSR count). The highest BCUT2D eigenvalue weighted by Crippen LogP contribution is 2.16. The lowest BCUT2D eigenvalue weighted by Gasteiger charge is -2.20. The molecule has 1 amide bonds. The van der Waals surface area contributed by atoms with Gasteiger partial charge in [0.2, 0.25) is 5.91 Å². The fraction of sp³-hybridized carbons (Fsp3) is 0.867. The second-order valence-corrected chi connectivity index (χ2v) is 20.0. The highest BCUT2D eigenvalue weighted by Gasteiger charge is 2.18. The number of ether oxygens (including phenoxy) is 1. The van der Waals surface area contributed by atoms with Crippen molar-refractivity contribution in [2.75, 3.05) is 13.2 Å². The van der Waals surface area contributed by atoms with Gasteiger partial charge in [0, 0.05) is 12.8 Å². The summed E-state index contributed by atoms with van der Waals surface area (Å²) in [7, 11) is 0. The third-order valence-electron chi connectivity index (χ3n) is 13.4. The van der Waals surface area contributed by atoms with E-state index in [2.05, 4.69) is 43.5 Å². The predicted octanol–water partition coefficient (Wildman–Crippen LogP) is 18.0. The normalized spacial score (nSPS) is 12.8. The van der Waals surface area contributed by atoms with Gasteiger partial charge < -0.3 is 20.3 Å². The Morgan fingerprint density at radius 1 is 0.409 bits per heavy atom. The molecule has 0 spiro atoms. The first-order valence-corrected chi connectivity index (χ1v) is 29.3. The average Bonchev–Trinajstić information content (AvgIpc) is 3.32. The molecule has 6 nitrogen and oxygen atoms in total. The van der Waals surface area contributed by atoms with Gasteiger partial charge in [0.05, 0.1) is 25.4 Å². The molecule has 0 fully saturated rings. The van der Waals surface area contributed by atoms with Gasteiger partial charge >= 0.3 is 5.97 Å². The lowest BCUT2D eigenvalue weighted by molar-refractivity contribution is -0.143. The van der Waals surface area contributed by atoms with Crippen molar-refractivity contribution in [3.8, 4) is 0 Å². The number of unbranched alkanes of at least 4 members (excludes halogenated alkanes) is 39. The highest BCUT2D eigenvalue weighted by molar-refractivity contribution is 5.76. The van der Waals surface area contributed by atoms with Crippen LogP contribution in [0.25, 0.3) is 0 Å². The van der Waals surface area contributed by atoms with Crippen molar-refractivity contribution < 1.29 is 24.5 Å². The highest BCUT2D eigenvalue weighted by atomic mass is 16.5. The van der Waals surface area contributed by atoms with Gasteiger partial charge in [-0.1, -0.05) is 249 Å². The largest absolute Gasteiger partial charge is 0.466 e. The number of aliphatic hydroxyl groups is 2. The van der Waals surface area contributed by atoms with Crippen molar-refractivity contribution in [1.29, 1.82) is 0 Å². The number of hydrogen-bond acceptors (Lipinski definition) is 5. The number of rotatable bonds is 54. The maximum absolute atomic E-state index is 12.4. The van der Waals surface area contributed by atoms with Crippen molar-refractivity contribution in [3.63, 3.8) is 0 Å². The van der Waals surface area contributed by atoms with Crippen molar-refractivity contribution in [3.05, 3.63) is 36.5 Å². The molecule has 0 saturated heterocycles. The fourth-order valence-electron chi connectivity index (χ4n) is 8.86. The zero-order valence-electron chi connectivity index (χ0n) is 44.2. The van der Waals surface area contributed by atoms with E-state index in [1.54, 1.807) is 6.08 Å². The Kier molecular flexibility index (Phi) is 54.1. The van der Waals surface area contributed by atoms with Crippen LogP contribution in [0, 0.1) is 0 Å². The van der Waals surface area contributed by atoms with Crippen LogP contribution in [0.5, 0.6) is 0 Å². The number of allylic oxidation sites excluding steroid dienone is 5. The van der Waals surface area contributed by atoms with Crippen molar-refractivity contribution in [2.45, 2.75) is 321 Å². The first-order chi connectivity index (χ1) is 32.5. The summed E-state index contributed by atoms with van der Waals surface area (Å²) in [6.45, 7) is 4.88.